The first kappa shape index (κ1) is 10.4. The van der Waals surface area contributed by atoms with Crippen molar-refractivity contribution in [3.63, 3.8) is 0 Å². The molecule has 0 saturated heterocycles. The van der Waals surface area contributed by atoms with Gasteiger partial charge < -0.3 is 5.73 Å². The van der Waals surface area contributed by atoms with Crippen molar-refractivity contribution in [2.45, 2.75) is 6.92 Å². The van der Waals surface area contributed by atoms with Crippen molar-refractivity contribution in [1.82, 2.24) is 4.98 Å². The Hall–Kier alpha value is -2.16. The lowest BCUT2D eigenvalue weighted by atomic mass is 10.00. The van der Waals surface area contributed by atoms with Crippen molar-refractivity contribution in [2.24, 2.45) is 0 Å². The molecule has 0 atom stereocenters. The molecule has 3 heteroatoms. The molecule has 0 aliphatic rings. The third-order valence-corrected chi connectivity index (χ3v) is 2.43. The third-order valence-electron chi connectivity index (χ3n) is 2.43. The van der Waals surface area contributed by atoms with Gasteiger partial charge in [-0.05, 0) is 36.8 Å². The SMILES string of the molecule is Cc1ccc(N)cc1C(=O)c1cccnc1. The van der Waals surface area contributed by atoms with Crippen LogP contribution in [0.2, 0.25) is 0 Å². The third kappa shape index (κ3) is 1.93. The summed E-state index contributed by atoms with van der Waals surface area (Å²) in [5.74, 6) is -0.0436. The molecule has 0 bridgehead atoms. The van der Waals surface area contributed by atoms with Crippen molar-refractivity contribution in [1.29, 1.82) is 0 Å². The van der Waals surface area contributed by atoms with Gasteiger partial charge in [0.25, 0.3) is 0 Å². The van der Waals surface area contributed by atoms with Crippen molar-refractivity contribution in [2.75, 3.05) is 5.73 Å². The number of anilines is 1. The van der Waals surface area contributed by atoms with Gasteiger partial charge in [-0.3, -0.25) is 9.78 Å². The molecule has 80 valence electrons. The minimum absolute atomic E-state index is 0.0436. The molecule has 0 spiro atoms. The van der Waals surface area contributed by atoms with Crippen LogP contribution in [0.15, 0.2) is 42.7 Å². The maximum absolute atomic E-state index is 12.1. The molecule has 1 aromatic heterocycles. The number of hydrogen-bond donors (Lipinski definition) is 1. The molecule has 2 rings (SSSR count). The minimum Gasteiger partial charge on any atom is -0.399 e. The van der Waals surface area contributed by atoms with Gasteiger partial charge in [0.05, 0.1) is 0 Å². The van der Waals surface area contributed by atoms with Gasteiger partial charge in [-0.2, -0.15) is 0 Å². The molecule has 1 heterocycles. The van der Waals surface area contributed by atoms with Crippen LogP contribution in [0.3, 0.4) is 0 Å². The first-order chi connectivity index (χ1) is 7.68. The van der Waals surface area contributed by atoms with Crippen LogP contribution in [0.4, 0.5) is 5.69 Å². The molecular formula is C13H12N2O. The van der Waals surface area contributed by atoms with Crippen molar-refractivity contribution in [3.05, 3.63) is 59.4 Å². The highest BCUT2D eigenvalue weighted by molar-refractivity contribution is 6.10. The Labute approximate surface area is 93.9 Å². The average Bonchev–Trinajstić information content (AvgIpc) is 2.32. The Kier molecular flexibility index (Phi) is 2.68. The Morgan fingerprint density at radius 2 is 2.12 bits per heavy atom. The number of nitrogen functional groups attached to an aromatic ring is 1. The van der Waals surface area contributed by atoms with Gasteiger partial charge >= 0.3 is 0 Å². The van der Waals surface area contributed by atoms with Crippen LogP contribution in [0.25, 0.3) is 0 Å². The first-order valence-corrected chi connectivity index (χ1v) is 4.99. The Morgan fingerprint density at radius 1 is 1.31 bits per heavy atom. The lowest BCUT2D eigenvalue weighted by Gasteiger charge is -2.05. The lowest BCUT2D eigenvalue weighted by Crippen LogP contribution is -2.04. The van der Waals surface area contributed by atoms with Crippen molar-refractivity contribution >= 4 is 11.5 Å². The minimum atomic E-state index is -0.0436. The van der Waals surface area contributed by atoms with Gasteiger partial charge in [-0.1, -0.05) is 6.07 Å². The zero-order valence-corrected chi connectivity index (χ0v) is 8.97. The summed E-state index contributed by atoms with van der Waals surface area (Å²) in [4.78, 5) is 16.1. The molecule has 16 heavy (non-hydrogen) atoms. The number of aromatic nitrogens is 1. The van der Waals surface area contributed by atoms with Crippen LogP contribution in [0, 0.1) is 6.92 Å². The maximum atomic E-state index is 12.1. The monoisotopic (exact) mass is 212 g/mol. The number of nitrogens with two attached hydrogens (primary N) is 1. The number of rotatable bonds is 2. The zero-order valence-electron chi connectivity index (χ0n) is 8.97. The molecule has 0 fully saturated rings. The Morgan fingerprint density at radius 3 is 2.81 bits per heavy atom. The molecule has 0 unspecified atom stereocenters. The van der Waals surface area contributed by atoms with E-state index >= 15 is 0 Å². The van der Waals surface area contributed by atoms with E-state index in [4.69, 9.17) is 5.73 Å². The van der Waals surface area contributed by atoms with Crippen molar-refractivity contribution in [3.8, 4) is 0 Å². The summed E-state index contributed by atoms with van der Waals surface area (Å²) in [7, 11) is 0. The zero-order chi connectivity index (χ0) is 11.5. The fourth-order valence-corrected chi connectivity index (χ4v) is 1.54. The molecule has 0 radical (unpaired) electrons. The highest BCUT2D eigenvalue weighted by atomic mass is 16.1. The highest BCUT2D eigenvalue weighted by Crippen LogP contribution is 2.16. The second kappa shape index (κ2) is 4.14. The second-order valence-corrected chi connectivity index (χ2v) is 3.65. The topological polar surface area (TPSA) is 56.0 Å². The molecule has 0 saturated carbocycles. The number of pyridine rings is 1. The van der Waals surface area contributed by atoms with Crippen LogP contribution in [-0.2, 0) is 0 Å². The first-order valence-electron chi connectivity index (χ1n) is 4.99. The highest BCUT2D eigenvalue weighted by Gasteiger charge is 2.11. The lowest BCUT2D eigenvalue weighted by molar-refractivity contribution is 0.103. The van der Waals surface area contributed by atoms with Crippen molar-refractivity contribution < 1.29 is 4.79 Å². The molecule has 2 aromatic rings. The van der Waals surface area contributed by atoms with Crippen LogP contribution in [0.5, 0.6) is 0 Å². The normalized spacial score (nSPS) is 10.1. The summed E-state index contributed by atoms with van der Waals surface area (Å²) in [5, 5.41) is 0. The van der Waals surface area contributed by atoms with E-state index in [2.05, 4.69) is 4.98 Å². The fraction of sp³-hybridized carbons (Fsp3) is 0.0769. The molecular weight excluding hydrogens is 200 g/mol. The van der Waals surface area contributed by atoms with Crippen LogP contribution in [0.1, 0.15) is 21.5 Å². The van der Waals surface area contributed by atoms with E-state index in [1.54, 1.807) is 36.7 Å². The summed E-state index contributed by atoms with van der Waals surface area (Å²) in [5.41, 5.74) is 8.40. The van der Waals surface area contributed by atoms with E-state index in [0.717, 1.165) is 5.56 Å². The van der Waals surface area contributed by atoms with Crippen LogP contribution >= 0.6 is 0 Å². The van der Waals surface area contributed by atoms with Gasteiger partial charge in [0, 0.05) is 29.2 Å². The average molecular weight is 212 g/mol. The molecule has 2 N–H and O–H groups in total. The number of carbonyl (C=O) groups excluding carboxylic acids is 1. The Balaban J connectivity index is 2.46. The predicted octanol–water partition coefficient (Wildman–Crippen LogP) is 2.20. The largest absolute Gasteiger partial charge is 0.399 e. The standard InChI is InChI=1S/C13H12N2O/c1-9-4-5-11(14)7-12(9)13(16)10-3-2-6-15-8-10/h2-8H,14H2,1H3. The molecule has 0 amide bonds. The van der Waals surface area contributed by atoms with Crippen LogP contribution in [-0.4, -0.2) is 10.8 Å². The number of aryl methyl sites for hydroxylation is 1. The summed E-state index contributed by atoms with van der Waals surface area (Å²) >= 11 is 0. The van der Waals surface area contributed by atoms with Gasteiger partial charge in [0.15, 0.2) is 5.78 Å². The van der Waals surface area contributed by atoms with E-state index in [1.165, 1.54) is 0 Å². The molecule has 3 nitrogen and oxygen atoms in total. The number of carbonyl (C=O) groups is 1. The summed E-state index contributed by atoms with van der Waals surface area (Å²) in [6.45, 7) is 1.89. The predicted molar refractivity (Wildman–Crippen MR) is 63.3 cm³/mol. The summed E-state index contributed by atoms with van der Waals surface area (Å²) in [6, 6.07) is 8.83. The van der Waals surface area contributed by atoms with E-state index in [1.807, 2.05) is 13.0 Å². The maximum Gasteiger partial charge on any atom is 0.194 e. The quantitative estimate of drug-likeness (QED) is 0.613. The van der Waals surface area contributed by atoms with Gasteiger partial charge in [-0.15, -0.1) is 0 Å². The summed E-state index contributed by atoms with van der Waals surface area (Å²) < 4.78 is 0. The van der Waals surface area contributed by atoms with Gasteiger partial charge in [0.2, 0.25) is 0 Å². The van der Waals surface area contributed by atoms with Crippen LogP contribution < -0.4 is 5.73 Å². The van der Waals surface area contributed by atoms with E-state index < -0.39 is 0 Å². The van der Waals surface area contributed by atoms with E-state index in [0.29, 0.717) is 16.8 Å². The van der Waals surface area contributed by atoms with E-state index in [-0.39, 0.29) is 5.78 Å². The fourth-order valence-electron chi connectivity index (χ4n) is 1.54. The molecule has 0 aliphatic carbocycles. The smallest absolute Gasteiger partial charge is 0.194 e. The summed E-state index contributed by atoms with van der Waals surface area (Å²) in [6.07, 6.45) is 3.20. The number of nitrogens with zero attached hydrogens (tertiary/aromatic N) is 1. The van der Waals surface area contributed by atoms with E-state index in [9.17, 15) is 4.79 Å². The number of hydrogen-bond acceptors (Lipinski definition) is 3. The molecule has 1 aromatic carbocycles. The Bertz CT molecular complexity index is 521. The van der Waals surface area contributed by atoms with Gasteiger partial charge in [-0.25, -0.2) is 0 Å². The second-order valence-electron chi connectivity index (χ2n) is 3.65. The molecule has 0 aliphatic heterocycles. The van der Waals surface area contributed by atoms with Gasteiger partial charge in [0.1, 0.15) is 0 Å². The number of ketones is 1. The number of benzene rings is 1.